The summed E-state index contributed by atoms with van der Waals surface area (Å²) in [6.07, 6.45) is -0.763. The fourth-order valence-corrected chi connectivity index (χ4v) is 2.73. The highest BCUT2D eigenvalue weighted by molar-refractivity contribution is 5.48. The van der Waals surface area contributed by atoms with Crippen LogP contribution in [0.4, 0.5) is 8.78 Å². The second-order valence-electron chi connectivity index (χ2n) is 5.06. The van der Waals surface area contributed by atoms with E-state index in [4.69, 9.17) is 9.47 Å². The number of rotatable bonds is 3. The first-order valence-electron chi connectivity index (χ1n) is 6.65. The molecule has 0 bridgehead atoms. The van der Waals surface area contributed by atoms with Crippen molar-refractivity contribution >= 4 is 0 Å². The summed E-state index contributed by atoms with van der Waals surface area (Å²) in [6, 6.07) is 3.17. The van der Waals surface area contributed by atoms with Gasteiger partial charge in [-0.2, -0.15) is 0 Å². The summed E-state index contributed by atoms with van der Waals surface area (Å²) >= 11 is 0. The number of alkyl halides is 2. The molecule has 0 amide bonds. The maximum atomic E-state index is 13.2. The minimum atomic E-state index is -2.47. The van der Waals surface area contributed by atoms with Gasteiger partial charge in [0.25, 0.3) is 6.43 Å². The van der Waals surface area contributed by atoms with Crippen LogP contribution in [-0.4, -0.2) is 26.3 Å². The third-order valence-corrected chi connectivity index (χ3v) is 3.71. The number of benzene rings is 1. The molecule has 1 aromatic rings. The fraction of sp³-hybridized carbons (Fsp3) is 0.571. The molecule has 0 saturated carbocycles. The van der Waals surface area contributed by atoms with Crippen LogP contribution < -0.4 is 14.8 Å². The first kappa shape index (κ1) is 12.7. The monoisotopic (exact) mass is 269 g/mol. The van der Waals surface area contributed by atoms with Gasteiger partial charge in [0.2, 0.25) is 0 Å². The average molecular weight is 269 g/mol. The molecule has 19 heavy (non-hydrogen) atoms. The van der Waals surface area contributed by atoms with E-state index in [1.54, 1.807) is 6.07 Å². The van der Waals surface area contributed by atoms with Crippen molar-refractivity contribution in [1.82, 2.24) is 5.32 Å². The van der Waals surface area contributed by atoms with E-state index in [0.717, 1.165) is 19.5 Å². The molecule has 3 rings (SSSR count). The van der Waals surface area contributed by atoms with Crippen molar-refractivity contribution < 1.29 is 18.3 Å². The summed E-state index contributed by atoms with van der Waals surface area (Å²) in [5, 5.41) is 3.26. The Balaban J connectivity index is 1.90. The SMILES string of the molecule is FC(F)c1cc2c(cc1CC1CCNC1)OCCO2. The summed E-state index contributed by atoms with van der Waals surface area (Å²) in [4.78, 5) is 0. The van der Waals surface area contributed by atoms with Crippen molar-refractivity contribution in [3.05, 3.63) is 23.3 Å². The molecule has 0 spiro atoms. The number of ether oxygens (including phenoxy) is 2. The molecule has 3 nitrogen and oxygen atoms in total. The maximum absolute atomic E-state index is 13.2. The van der Waals surface area contributed by atoms with Crippen LogP contribution in [0.15, 0.2) is 12.1 Å². The molecular weight excluding hydrogens is 252 g/mol. The molecule has 0 aliphatic carbocycles. The smallest absolute Gasteiger partial charge is 0.264 e. The molecule has 1 atom stereocenters. The Morgan fingerprint density at radius 1 is 1.21 bits per heavy atom. The molecule has 1 unspecified atom stereocenters. The van der Waals surface area contributed by atoms with Gasteiger partial charge < -0.3 is 14.8 Å². The zero-order valence-corrected chi connectivity index (χ0v) is 10.6. The Morgan fingerprint density at radius 2 is 1.95 bits per heavy atom. The van der Waals surface area contributed by atoms with Crippen LogP contribution in [0.1, 0.15) is 24.0 Å². The van der Waals surface area contributed by atoms with E-state index in [9.17, 15) is 8.78 Å². The summed E-state index contributed by atoms with van der Waals surface area (Å²) in [6.45, 7) is 2.77. The zero-order chi connectivity index (χ0) is 13.2. The first-order valence-corrected chi connectivity index (χ1v) is 6.65. The van der Waals surface area contributed by atoms with E-state index in [0.29, 0.717) is 42.6 Å². The molecule has 104 valence electrons. The topological polar surface area (TPSA) is 30.5 Å². The van der Waals surface area contributed by atoms with E-state index in [1.807, 2.05) is 0 Å². The third kappa shape index (κ3) is 2.66. The van der Waals surface area contributed by atoms with Gasteiger partial charge in [-0.25, -0.2) is 8.78 Å². The molecule has 1 aromatic carbocycles. The summed E-state index contributed by atoms with van der Waals surface area (Å²) in [5.74, 6) is 1.46. The highest BCUT2D eigenvalue weighted by atomic mass is 19.3. The Bertz CT molecular complexity index is 459. The molecule has 2 aliphatic rings. The van der Waals surface area contributed by atoms with Gasteiger partial charge in [0.05, 0.1) is 0 Å². The molecule has 0 radical (unpaired) electrons. The van der Waals surface area contributed by atoms with E-state index >= 15 is 0 Å². The Kier molecular flexibility index (Phi) is 3.55. The van der Waals surface area contributed by atoms with Crippen LogP contribution >= 0.6 is 0 Å². The van der Waals surface area contributed by atoms with Gasteiger partial charge in [0, 0.05) is 5.56 Å². The van der Waals surface area contributed by atoms with Gasteiger partial charge >= 0.3 is 0 Å². The van der Waals surface area contributed by atoms with E-state index in [1.165, 1.54) is 6.07 Å². The number of hydrogen-bond donors (Lipinski definition) is 1. The van der Waals surface area contributed by atoms with Crippen LogP contribution in [0.3, 0.4) is 0 Å². The molecule has 0 aromatic heterocycles. The number of halogens is 2. The zero-order valence-electron chi connectivity index (χ0n) is 10.6. The fourth-order valence-electron chi connectivity index (χ4n) is 2.73. The number of hydrogen-bond acceptors (Lipinski definition) is 3. The summed E-state index contributed by atoms with van der Waals surface area (Å²) < 4.78 is 37.2. The molecule has 1 N–H and O–H groups in total. The van der Waals surface area contributed by atoms with Crippen molar-refractivity contribution in [1.29, 1.82) is 0 Å². The normalized spacial score (nSPS) is 21.9. The lowest BCUT2D eigenvalue weighted by atomic mass is 9.94. The van der Waals surface area contributed by atoms with Gasteiger partial charge in [-0.3, -0.25) is 0 Å². The second-order valence-corrected chi connectivity index (χ2v) is 5.06. The van der Waals surface area contributed by atoms with Gasteiger partial charge in [0.15, 0.2) is 11.5 Å². The molecule has 1 fully saturated rings. The molecule has 5 heteroatoms. The van der Waals surface area contributed by atoms with Crippen LogP contribution in [0.5, 0.6) is 11.5 Å². The predicted octanol–water partition coefficient (Wildman–Crippen LogP) is 2.55. The van der Waals surface area contributed by atoms with Gasteiger partial charge in [-0.05, 0) is 49.5 Å². The number of nitrogens with one attached hydrogen (secondary N) is 1. The quantitative estimate of drug-likeness (QED) is 0.914. The first-order chi connectivity index (χ1) is 9.24. The Hall–Kier alpha value is -1.36. The Morgan fingerprint density at radius 3 is 2.58 bits per heavy atom. The van der Waals surface area contributed by atoms with Crippen molar-refractivity contribution in [3.63, 3.8) is 0 Å². The van der Waals surface area contributed by atoms with Crippen LogP contribution in [0.25, 0.3) is 0 Å². The highest BCUT2D eigenvalue weighted by Gasteiger charge is 2.23. The minimum absolute atomic E-state index is 0.0798. The van der Waals surface area contributed by atoms with Gasteiger partial charge in [-0.15, -0.1) is 0 Å². The lowest BCUT2D eigenvalue weighted by Gasteiger charge is -2.22. The van der Waals surface area contributed by atoms with Crippen molar-refractivity contribution in [3.8, 4) is 11.5 Å². The molecule has 1 saturated heterocycles. The second kappa shape index (κ2) is 5.33. The van der Waals surface area contributed by atoms with E-state index in [2.05, 4.69) is 5.32 Å². The number of fused-ring (bicyclic) bond motifs is 1. The van der Waals surface area contributed by atoms with Gasteiger partial charge in [-0.1, -0.05) is 0 Å². The van der Waals surface area contributed by atoms with Crippen molar-refractivity contribution in [2.24, 2.45) is 5.92 Å². The van der Waals surface area contributed by atoms with E-state index < -0.39 is 6.43 Å². The van der Waals surface area contributed by atoms with Crippen LogP contribution in [0.2, 0.25) is 0 Å². The average Bonchev–Trinajstić information content (AvgIpc) is 2.90. The highest BCUT2D eigenvalue weighted by Crippen LogP contribution is 2.38. The van der Waals surface area contributed by atoms with Crippen LogP contribution in [-0.2, 0) is 6.42 Å². The predicted molar refractivity (Wildman–Crippen MR) is 67.1 cm³/mol. The molecule has 2 aliphatic heterocycles. The minimum Gasteiger partial charge on any atom is -0.486 e. The van der Waals surface area contributed by atoms with Crippen LogP contribution in [0, 0.1) is 5.92 Å². The largest absolute Gasteiger partial charge is 0.486 e. The summed E-state index contributed by atoms with van der Waals surface area (Å²) in [5.41, 5.74) is 0.768. The van der Waals surface area contributed by atoms with Crippen molar-refractivity contribution in [2.75, 3.05) is 26.3 Å². The summed E-state index contributed by atoms with van der Waals surface area (Å²) in [7, 11) is 0. The molecule has 2 heterocycles. The lowest BCUT2D eigenvalue weighted by molar-refractivity contribution is 0.145. The standard InChI is InChI=1S/C14H17F2NO2/c15-14(16)11-7-13-12(18-3-4-19-13)6-10(11)5-9-1-2-17-8-9/h6-7,9,14,17H,1-5,8H2. The van der Waals surface area contributed by atoms with E-state index in [-0.39, 0.29) is 5.56 Å². The Labute approximate surface area is 110 Å². The molecular formula is C14H17F2NO2. The lowest BCUT2D eigenvalue weighted by Crippen LogP contribution is -2.17. The van der Waals surface area contributed by atoms with Crippen molar-refractivity contribution in [2.45, 2.75) is 19.3 Å². The maximum Gasteiger partial charge on any atom is 0.264 e. The third-order valence-electron chi connectivity index (χ3n) is 3.71. The van der Waals surface area contributed by atoms with Gasteiger partial charge in [0.1, 0.15) is 13.2 Å².